The molecule has 6 heteroatoms. The summed E-state index contributed by atoms with van der Waals surface area (Å²) >= 11 is 5.02. The molecule has 0 aliphatic heterocycles. The highest BCUT2D eigenvalue weighted by atomic mass is 79.9. The predicted molar refractivity (Wildman–Crippen MR) is 90.5 cm³/mol. The van der Waals surface area contributed by atoms with Crippen LogP contribution in [0, 0.1) is 0 Å². The van der Waals surface area contributed by atoms with E-state index >= 15 is 0 Å². The molecule has 0 saturated carbocycles. The molecule has 4 nitrogen and oxygen atoms in total. The van der Waals surface area contributed by atoms with Crippen LogP contribution in [-0.4, -0.2) is 31.0 Å². The fourth-order valence-electron chi connectivity index (χ4n) is 1.86. The minimum atomic E-state index is 0.0252. The summed E-state index contributed by atoms with van der Waals surface area (Å²) in [5.41, 5.74) is 1.89. The Morgan fingerprint density at radius 1 is 1.38 bits per heavy atom. The summed E-state index contributed by atoms with van der Waals surface area (Å²) in [6.45, 7) is 1.60. The Kier molecular flexibility index (Phi) is 6.35. The Hall–Kier alpha value is -1.24. The average Bonchev–Trinajstić information content (AvgIpc) is 2.92. The molecular weight excluding hydrogens is 350 g/mol. The third-order valence-electron chi connectivity index (χ3n) is 2.89. The zero-order valence-corrected chi connectivity index (χ0v) is 14.3. The van der Waals surface area contributed by atoms with Gasteiger partial charge in [-0.1, -0.05) is 28.1 Å². The predicted octanol–water partition coefficient (Wildman–Crippen LogP) is 2.84. The lowest BCUT2D eigenvalue weighted by Gasteiger charge is -2.03. The summed E-state index contributed by atoms with van der Waals surface area (Å²) in [5, 5.41) is 8.84. The van der Waals surface area contributed by atoms with Gasteiger partial charge in [0.2, 0.25) is 5.91 Å². The minimum Gasteiger partial charge on any atom is -0.356 e. The number of nitrogens with zero attached hydrogens (tertiary/aromatic N) is 1. The monoisotopic (exact) mass is 367 g/mol. The van der Waals surface area contributed by atoms with E-state index in [-0.39, 0.29) is 5.91 Å². The second kappa shape index (κ2) is 8.26. The Morgan fingerprint density at radius 3 is 3.00 bits per heavy atom. The van der Waals surface area contributed by atoms with Crippen molar-refractivity contribution in [3.8, 4) is 10.6 Å². The molecule has 0 aliphatic carbocycles. The molecule has 0 unspecified atom stereocenters. The standard InChI is InChI=1S/C15H18BrN3OS/c1-17-6-3-7-18-14(20)9-13-10-21-15(19-13)11-4-2-5-12(16)8-11/h2,4-5,8,10,17H,3,6-7,9H2,1H3,(H,18,20). The van der Waals surface area contributed by atoms with Gasteiger partial charge in [-0.05, 0) is 32.1 Å². The Balaban J connectivity index is 1.90. The highest BCUT2D eigenvalue weighted by molar-refractivity contribution is 9.10. The van der Waals surface area contributed by atoms with Crippen molar-refractivity contribution < 1.29 is 4.79 Å². The third-order valence-corrected chi connectivity index (χ3v) is 4.32. The second-order valence-electron chi connectivity index (χ2n) is 4.64. The highest BCUT2D eigenvalue weighted by Crippen LogP contribution is 2.26. The van der Waals surface area contributed by atoms with Crippen LogP contribution in [0.2, 0.25) is 0 Å². The molecule has 1 aromatic carbocycles. The fourth-order valence-corrected chi connectivity index (χ4v) is 3.08. The van der Waals surface area contributed by atoms with Gasteiger partial charge in [-0.15, -0.1) is 11.3 Å². The number of thiazole rings is 1. The molecular formula is C15H18BrN3OS. The summed E-state index contributed by atoms with van der Waals surface area (Å²) in [5.74, 6) is 0.0252. The number of benzene rings is 1. The van der Waals surface area contributed by atoms with Gasteiger partial charge in [-0.2, -0.15) is 0 Å². The van der Waals surface area contributed by atoms with Crippen LogP contribution in [-0.2, 0) is 11.2 Å². The van der Waals surface area contributed by atoms with Crippen LogP contribution < -0.4 is 10.6 Å². The number of carbonyl (C=O) groups excluding carboxylic acids is 1. The first-order valence-electron chi connectivity index (χ1n) is 6.80. The van der Waals surface area contributed by atoms with Crippen molar-refractivity contribution in [2.24, 2.45) is 0 Å². The van der Waals surface area contributed by atoms with Gasteiger partial charge in [-0.25, -0.2) is 4.98 Å². The normalized spacial score (nSPS) is 10.6. The summed E-state index contributed by atoms with van der Waals surface area (Å²) in [6.07, 6.45) is 1.27. The third kappa shape index (κ3) is 5.22. The summed E-state index contributed by atoms with van der Waals surface area (Å²) < 4.78 is 1.03. The number of carbonyl (C=O) groups is 1. The molecule has 2 N–H and O–H groups in total. The zero-order chi connectivity index (χ0) is 15.1. The van der Waals surface area contributed by atoms with Crippen LogP contribution in [0.15, 0.2) is 34.1 Å². The molecule has 0 spiro atoms. The van der Waals surface area contributed by atoms with Crippen LogP contribution in [0.3, 0.4) is 0 Å². The fraction of sp³-hybridized carbons (Fsp3) is 0.333. The number of rotatable bonds is 7. The van der Waals surface area contributed by atoms with Gasteiger partial charge in [0.1, 0.15) is 5.01 Å². The molecule has 0 saturated heterocycles. The van der Waals surface area contributed by atoms with Gasteiger partial charge in [0.25, 0.3) is 0 Å². The molecule has 0 atom stereocenters. The maximum Gasteiger partial charge on any atom is 0.226 e. The maximum atomic E-state index is 11.8. The van der Waals surface area contributed by atoms with E-state index in [1.54, 1.807) is 11.3 Å². The van der Waals surface area contributed by atoms with Gasteiger partial charge in [0.15, 0.2) is 0 Å². The van der Waals surface area contributed by atoms with Crippen LogP contribution in [0.4, 0.5) is 0 Å². The number of hydrogen-bond donors (Lipinski definition) is 2. The second-order valence-corrected chi connectivity index (χ2v) is 6.41. The first-order chi connectivity index (χ1) is 10.2. The first kappa shape index (κ1) is 16.1. The van der Waals surface area contributed by atoms with Crippen LogP contribution in [0.5, 0.6) is 0 Å². The molecule has 112 valence electrons. The largest absolute Gasteiger partial charge is 0.356 e. The van der Waals surface area contributed by atoms with E-state index in [1.165, 1.54) is 0 Å². The van der Waals surface area contributed by atoms with Gasteiger partial charge in [-0.3, -0.25) is 4.79 Å². The maximum absolute atomic E-state index is 11.8. The lowest BCUT2D eigenvalue weighted by Crippen LogP contribution is -2.28. The number of halogens is 1. The van der Waals surface area contributed by atoms with Crippen LogP contribution >= 0.6 is 27.3 Å². The van der Waals surface area contributed by atoms with E-state index in [4.69, 9.17) is 0 Å². The molecule has 0 radical (unpaired) electrons. The van der Waals surface area contributed by atoms with E-state index in [9.17, 15) is 4.79 Å². The van der Waals surface area contributed by atoms with Crippen LogP contribution in [0.1, 0.15) is 12.1 Å². The molecule has 0 bridgehead atoms. The first-order valence-corrected chi connectivity index (χ1v) is 8.48. The van der Waals surface area contributed by atoms with Crippen molar-refractivity contribution in [3.63, 3.8) is 0 Å². The molecule has 2 rings (SSSR count). The molecule has 0 aliphatic rings. The van der Waals surface area contributed by atoms with E-state index in [2.05, 4.69) is 31.5 Å². The Morgan fingerprint density at radius 2 is 2.24 bits per heavy atom. The van der Waals surface area contributed by atoms with Gasteiger partial charge in [0.05, 0.1) is 12.1 Å². The Labute approximate surface area is 137 Å². The molecule has 0 fully saturated rings. The van der Waals surface area contributed by atoms with Gasteiger partial charge in [0, 0.05) is 22.0 Å². The number of nitrogens with one attached hydrogen (secondary N) is 2. The lowest BCUT2D eigenvalue weighted by molar-refractivity contribution is -0.120. The van der Waals surface area contributed by atoms with Crippen LogP contribution in [0.25, 0.3) is 10.6 Å². The van der Waals surface area contributed by atoms with E-state index < -0.39 is 0 Å². The molecule has 1 amide bonds. The van der Waals surface area contributed by atoms with Crippen molar-refractivity contribution in [3.05, 3.63) is 39.8 Å². The van der Waals surface area contributed by atoms with Crippen molar-refractivity contribution in [2.75, 3.05) is 20.1 Å². The van der Waals surface area contributed by atoms with Crippen molar-refractivity contribution in [1.29, 1.82) is 0 Å². The number of amides is 1. The summed E-state index contributed by atoms with van der Waals surface area (Å²) in [6, 6.07) is 8.01. The number of hydrogen-bond acceptors (Lipinski definition) is 4. The zero-order valence-electron chi connectivity index (χ0n) is 11.9. The minimum absolute atomic E-state index is 0.0252. The van der Waals surface area contributed by atoms with Gasteiger partial charge >= 0.3 is 0 Å². The van der Waals surface area contributed by atoms with Crippen molar-refractivity contribution in [2.45, 2.75) is 12.8 Å². The highest BCUT2D eigenvalue weighted by Gasteiger charge is 2.09. The summed E-state index contributed by atoms with van der Waals surface area (Å²) in [7, 11) is 1.90. The topological polar surface area (TPSA) is 54.0 Å². The quantitative estimate of drug-likeness (QED) is 0.739. The molecule has 1 heterocycles. The summed E-state index contributed by atoms with van der Waals surface area (Å²) in [4.78, 5) is 16.3. The number of aromatic nitrogens is 1. The van der Waals surface area contributed by atoms with E-state index in [0.29, 0.717) is 13.0 Å². The average molecular weight is 368 g/mol. The molecule has 1 aromatic heterocycles. The van der Waals surface area contributed by atoms with Crippen molar-refractivity contribution >= 4 is 33.2 Å². The van der Waals surface area contributed by atoms with Gasteiger partial charge < -0.3 is 10.6 Å². The lowest BCUT2D eigenvalue weighted by atomic mass is 10.2. The van der Waals surface area contributed by atoms with E-state index in [1.807, 2.05) is 36.7 Å². The van der Waals surface area contributed by atoms with Crippen molar-refractivity contribution in [1.82, 2.24) is 15.6 Å². The smallest absolute Gasteiger partial charge is 0.226 e. The van der Waals surface area contributed by atoms with E-state index in [0.717, 1.165) is 33.7 Å². The molecule has 2 aromatic rings. The SMILES string of the molecule is CNCCCNC(=O)Cc1csc(-c2cccc(Br)c2)n1. The molecule has 21 heavy (non-hydrogen) atoms. The Bertz CT molecular complexity index is 600.